The fourth-order valence-corrected chi connectivity index (χ4v) is 1.81. The van der Waals surface area contributed by atoms with Crippen LogP contribution in [0.25, 0.3) is 0 Å². The number of ether oxygens (including phenoxy) is 2. The first-order valence-electron chi connectivity index (χ1n) is 7.03. The summed E-state index contributed by atoms with van der Waals surface area (Å²) < 4.78 is 11.4. The summed E-state index contributed by atoms with van der Waals surface area (Å²) in [4.78, 5) is 0. The average molecular weight is 271 g/mol. The Bertz CT molecular complexity index is 499. The molecule has 0 atom stereocenters. The molecule has 3 heteroatoms. The van der Waals surface area contributed by atoms with Crippen LogP contribution in [0.15, 0.2) is 54.6 Å². The van der Waals surface area contributed by atoms with Crippen LogP contribution in [0.5, 0.6) is 11.5 Å². The van der Waals surface area contributed by atoms with E-state index in [0.29, 0.717) is 13.2 Å². The fourth-order valence-electron chi connectivity index (χ4n) is 1.81. The zero-order chi connectivity index (χ0) is 14.0. The van der Waals surface area contributed by atoms with Gasteiger partial charge < -0.3 is 14.8 Å². The first-order chi connectivity index (χ1) is 9.90. The molecule has 2 aromatic carbocycles. The van der Waals surface area contributed by atoms with Gasteiger partial charge in [-0.05, 0) is 30.7 Å². The molecule has 0 spiro atoms. The molecule has 20 heavy (non-hydrogen) atoms. The molecule has 0 aliphatic rings. The summed E-state index contributed by atoms with van der Waals surface area (Å²) in [6, 6.07) is 17.9. The van der Waals surface area contributed by atoms with Crippen molar-refractivity contribution < 1.29 is 9.47 Å². The topological polar surface area (TPSA) is 30.5 Å². The number of hydrogen-bond donors (Lipinski definition) is 1. The third-order valence-corrected chi connectivity index (χ3v) is 2.77. The lowest BCUT2D eigenvalue weighted by Gasteiger charge is -2.12. The highest BCUT2D eigenvalue weighted by Gasteiger charge is 2.03. The van der Waals surface area contributed by atoms with Crippen LogP contribution in [-0.4, -0.2) is 19.8 Å². The van der Waals surface area contributed by atoms with Gasteiger partial charge in [-0.2, -0.15) is 0 Å². The van der Waals surface area contributed by atoms with Gasteiger partial charge in [0.2, 0.25) is 0 Å². The van der Waals surface area contributed by atoms with Gasteiger partial charge in [0, 0.05) is 12.2 Å². The number of anilines is 1. The highest BCUT2D eigenvalue weighted by Crippen LogP contribution is 2.26. The Morgan fingerprint density at radius 1 is 0.800 bits per heavy atom. The molecule has 2 rings (SSSR count). The standard InChI is InChI=1S/C17H21NO2/c1-2-13-19-16-10-6-7-11-17(16)20-14-12-18-15-8-4-3-5-9-15/h3-11,18H,2,12-14H2,1H3. The molecule has 0 aliphatic carbocycles. The second kappa shape index (κ2) is 8.10. The maximum absolute atomic E-state index is 5.77. The molecule has 0 saturated carbocycles. The van der Waals surface area contributed by atoms with Gasteiger partial charge in [0.15, 0.2) is 11.5 Å². The summed E-state index contributed by atoms with van der Waals surface area (Å²) in [7, 11) is 0. The van der Waals surface area contributed by atoms with Crippen LogP contribution in [0.3, 0.4) is 0 Å². The number of para-hydroxylation sites is 3. The molecule has 0 fully saturated rings. The van der Waals surface area contributed by atoms with Crippen molar-refractivity contribution in [1.82, 2.24) is 0 Å². The van der Waals surface area contributed by atoms with Crippen molar-refractivity contribution >= 4 is 5.69 Å². The first-order valence-corrected chi connectivity index (χ1v) is 7.03. The third-order valence-electron chi connectivity index (χ3n) is 2.77. The third kappa shape index (κ3) is 4.50. The van der Waals surface area contributed by atoms with Crippen LogP contribution in [-0.2, 0) is 0 Å². The molecule has 106 valence electrons. The summed E-state index contributed by atoms with van der Waals surface area (Å²) in [5.41, 5.74) is 1.10. The van der Waals surface area contributed by atoms with Gasteiger partial charge in [-0.25, -0.2) is 0 Å². The van der Waals surface area contributed by atoms with Crippen molar-refractivity contribution in [1.29, 1.82) is 0 Å². The van der Waals surface area contributed by atoms with Crippen LogP contribution in [0.1, 0.15) is 13.3 Å². The van der Waals surface area contributed by atoms with E-state index in [4.69, 9.17) is 9.47 Å². The summed E-state index contributed by atoms with van der Waals surface area (Å²) in [6.45, 7) is 4.16. The van der Waals surface area contributed by atoms with Crippen LogP contribution in [0.2, 0.25) is 0 Å². The molecule has 2 aromatic rings. The molecule has 0 saturated heterocycles. The van der Waals surface area contributed by atoms with E-state index >= 15 is 0 Å². The molecule has 0 aromatic heterocycles. The van der Waals surface area contributed by atoms with E-state index in [0.717, 1.165) is 30.2 Å². The average Bonchev–Trinajstić information content (AvgIpc) is 2.51. The molecule has 0 heterocycles. The Morgan fingerprint density at radius 3 is 2.05 bits per heavy atom. The predicted octanol–water partition coefficient (Wildman–Crippen LogP) is 3.97. The summed E-state index contributed by atoms with van der Waals surface area (Å²) >= 11 is 0. The van der Waals surface area contributed by atoms with E-state index in [1.165, 1.54) is 0 Å². The quantitative estimate of drug-likeness (QED) is 0.737. The minimum Gasteiger partial charge on any atom is -0.490 e. The molecule has 0 bridgehead atoms. The Hall–Kier alpha value is -2.16. The molecule has 1 N–H and O–H groups in total. The Labute approximate surface area is 120 Å². The Morgan fingerprint density at radius 2 is 1.40 bits per heavy atom. The van der Waals surface area contributed by atoms with Gasteiger partial charge in [0.05, 0.1) is 6.61 Å². The summed E-state index contributed by atoms with van der Waals surface area (Å²) in [5.74, 6) is 1.62. The van der Waals surface area contributed by atoms with Crippen molar-refractivity contribution in [2.45, 2.75) is 13.3 Å². The van der Waals surface area contributed by atoms with Crippen LogP contribution in [0.4, 0.5) is 5.69 Å². The van der Waals surface area contributed by atoms with E-state index < -0.39 is 0 Å². The van der Waals surface area contributed by atoms with Crippen molar-refractivity contribution in [3.8, 4) is 11.5 Å². The van der Waals surface area contributed by atoms with Gasteiger partial charge in [-0.3, -0.25) is 0 Å². The molecule has 3 nitrogen and oxygen atoms in total. The zero-order valence-corrected chi connectivity index (χ0v) is 11.8. The van der Waals surface area contributed by atoms with Crippen LogP contribution in [0, 0.1) is 0 Å². The number of benzene rings is 2. The predicted molar refractivity (Wildman–Crippen MR) is 82.7 cm³/mol. The highest BCUT2D eigenvalue weighted by molar-refractivity contribution is 5.42. The number of hydrogen-bond acceptors (Lipinski definition) is 3. The number of rotatable bonds is 8. The summed E-state index contributed by atoms with van der Waals surface area (Å²) in [5, 5.41) is 3.31. The lowest BCUT2D eigenvalue weighted by molar-refractivity contribution is 0.274. The fraction of sp³-hybridized carbons (Fsp3) is 0.294. The molecular weight excluding hydrogens is 250 g/mol. The maximum Gasteiger partial charge on any atom is 0.161 e. The molecule has 0 amide bonds. The second-order valence-electron chi connectivity index (χ2n) is 4.44. The van der Waals surface area contributed by atoms with E-state index in [1.54, 1.807) is 0 Å². The molecule has 0 radical (unpaired) electrons. The van der Waals surface area contributed by atoms with Gasteiger partial charge in [-0.15, -0.1) is 0 Å². The van der Waals surface area contributed by atoms with Crippen LogP contribution < -0.4 is 14.8 Å². The van der Waals surface area contributed by atoms with Gasteiger partial charge >= 0.3 is 0 Å². The summed E-state index contributed by atoms with van der Waals surface area (Å²) in [6.07, 6.45) is 0.990. The van der Waals surface area contributed by atoms with E-state index in [2.05, 4.69) is 12.2 Å². The number of nitrogens with one attached hydrogen (secondary N) is 1. The van der Waals surface area contributed by atoms with E-state index in [-0.39, 0.29) is 0 Å². The Kier molecular flexibility index (Phi) is 5.77. The SMILES string of the molecule is CCCOc1ccccc1OCCNc1ccccc1. The highest BCUT2D eigenvalue weighted by atomic mass is 16.5. The van der Waals surface area contributed by atoms with Crippen molar-refractivity contribution in [2.24, 2.45) is 0 Å². The first kappa shape index (κ1) is 14.3. The second-order valence-corrected chi connectivity index (χ2v) is 4.44. The lowest BCUT2D eigenvalue weighted by atomic mass is 10.3. The normalized spacial score (nSPS) is 10.1. The largest absolute Gasteiger partial charge is 0.490 e. The minimum atomic E-state index is 0.599. The van der Waals surface area contributed by atoms with Gasteiger partial charge in [0.25, 0.3) is 0 Å². The lowest BCUT2D eigenvalue weighted by Crippen LogP contribution is -2.12. The molecule has 0 unspecified atom stereocenters. The van der Waals surface area contributed by atoms with Gasteiger partial charge in [-0.1, -0.05) is 37.3 Å². The maximum atomic E-state index is 5.77. The zero-order valence-electron chi connectivity index (χ0n) is 11.8. The Balaban J connectivity index is 1.79. The van der Waals surface area contributed by atoms with Crippen molar-refractivity contribution in [3.63, 3.8) is 0 Å². The van der Waals surface area contributed by atoms with E-state index in [1.807, 2.05) is 54.6 Å². The van der Waals surface area contributed by atoms with Gasteiger partial charge in [0.1, 0.15) is 6.61 Å². The molecular formula is C17H21NO2. The smallest absolute Gasteiger partial charge is 0.161 e. The van der Waals surface area contributed by atoms with Crippen molar-refractivity contribution in [2.75, 3.05) is 25.1 Å². The molecule has 0 aliphatic heterocycles. The minimum absolute atomic E-state index is 0.599. The van der Waals surface area contributed by atoms with Crippen molar-refractivity contribution in [3.05, 3.63) is 54.6 Å². The van der Waals surface area contributed by atoms with E-state index in [9.17, 15) is 0 Å². The van der Waals surface area contributed by atoms with Crippen LogP contribution >= 0.6 is 0 Å². The monoisotopic (exact) mass is 271 g/mol.